The summed E-state index contributed by atoms with van der Waals surface area (Å²) in [6.45, 7) is 0.905. The van der Waals surface area contributed by atoms with Crippen molar-refractivity contribution in [3.05, 3.63) is 58.1 Å². The molecule has 4 heteroatoms. The highest BCUT2D eigenvalue weighted by Gasteiger charge is 2.03. The smallest absolute Gasteiger partial charge is 0.133 e. The van der Waals surface area contributed by atoms with Crippen molar-refractivity contribution in [2.45, 2.75) is 17.2 Å². The van der Waals surface area contributed by atoms with Gasteiger partial charge in [-0.3, -0.25) is 0 Å². The van der Waals surface area contributed by atoms with E-state index in [0.717, 1.165) is 22.5 Å². The SMILES string of the molecule is CNCc1cccc(SCc2ccc(OC)c(Br)c2)c1. The molecule has 0 aromatic heterocycles. The molecule has 2 aromatic carbocycles. The maximum absolute atomic E-state index is 5.24. The Balaban J connectivity index is 2.01. The number of ether oxygens (including phenoxy) is 1. The van der Waals surface area contributed by atoms with Gasteiger partial charge in [-0.05, 0) is 58.4 Å². The van der Waals surface area contributed by atoms with Gasteiger partial charge in [0.2, 0.25) is 0 Å². The molecular weight excluding hydrogens is 334 g/mol. The van der Waals surface area contributed by atoms with Gasteiger partial charge in [0.1, 0.15) is 5.75 Å². The van der Waals surface area contributed by atoms with E-state index >= 15 is 0 Å². The zero-order valence-electron chi connectivity index (χ0n) is 11.7. The maximum atomic E-state index is 5.24. The van der Waals surface area contributed by atoms with Gasteiger partial charge in [-0.1, -0.05) is 18.2 Å². The van der Waals surface area contributed by atoms with Crippen molar-refractivity contribution < 1.29 is 4.74 Å². The Labute approximate surface area is 133 Å². The molecule has 2 nitrogen and oxygen atoms in total. The quantitative estimate of drug-likeness (QED) is 0.775. The van der Waals surface area contributed by atoms with Crippen LogP contribution in [-0.4, -0.2) is 14.2 Å². The van der Waals surface area contributed by atoms with E-state index < -0.39 is 0 Å². The van der Waals surface area contributed by atoms with E-state index in [9.17, 15) is 0 Å². The predicted molar refractivity (Wildman–Crippen MR) is 89.5 cm³/mol. The molecule has 0 saturated carbocycles. The molecule has 0 bridgehead atoms. The molecule has 0 saturated heterocycles. The molecule has 106 valence electrons. The lowest BCUT2D eigenvalue weighted by Gasteiger charge is -2.07. The fourth-order valence-electron chi connectivity index (χ4n) is 1.92. The van der Waals surface area contributed by atoms with Gasteiger partial charge in [0.15, 0.2) is 0 Å². The third-order valence-corrected chi connectivity index (χ3v) is 4.59. The van der Waals surface area contributed by atoms with Crippen LogP contribution >= 0.6 is 27.7 Å². The number of halogens is 1. The molecule has 0 unspecified atom stereocenters. The van der Waals surface area contributed by atoms with E-state index in [4.69, 9.17) is 4.74 Å². The van der Waals surface area contributed by atoms with Crippen LogP contribution in [0.1, 0.15) is 11.1 Å². The Kier molecular flexibility index (Phi) is 5.95. The minimum absolute atomic E-state index is 0.870. The van der Waals surface area contributed by atoms with E-state index in [1.54, 1.807) is 7.11 Å². The van der Waals surface area contributed by atoms with Gasteiger partial charge in [-0.25, -0.2) is 0 Å². The number of rotatable bonds is 6. The normalized spacial score (nSPS) is 10.6. The third kappa shape index (κ3) is 4.27. The van der Waals surface area contributed by atoms with Crippen molar-refractivity contribution >= 4 is 27.7 Å². The van der Waals surface area contributed by atoms with Crippen LogP contribution in [0.15, 0.2) is 51.8 Å². The van der Waals surface area contributed by atoms with Crippen molar-refractivity contribution in [1.82, 2.24) is 5.32 Å². The zero-order valence-corrected chi connectivity index (χ0v) is 14.1. The van der Waals surface area contributed by atoms with Gasteiger partial charge in [-0.15, -0.1) is 11.8 Å². The van der Waals surface area contributed by atoms with Crippen molar-refractivity contribution in [3.63, 3.8) is 0 Å². The van der Waals surface area contributed by atoms with Crippen molar-refractivity contribution in [2.24, 2.45) is 0 Å². The Morgan fingerprint density at radius 2 is 2.00 bits per heavy atom. The fourth-order valence-corrected chi connectivity index (χ4v) is 3.43. The van der Waals surface area contributed by atoms with E-state index in [2.05, 4.69) is 57.6 Å². The Hall–Kier alpha value is -0.970. The van der Waals surface area contributed by atoms with Crippen molar-refractivity contribution in [2.75, 3.05) is 14.2 Å². The molecule has 0 fully saturated rings. The number of nitrogens with one attached hydrogen (secondary N) is 1. The second-order valence-electron chi connectivity index (χ2n) is 4.44. The Morgan fingerprint density at radius 1 is 1.15 bits per heavy atom. The molecule has 2 rings (SSSR count). The molecule has 0 heterocycles. The van der Waals surface area contributed by atoms with E-state index in [0.29, 0.717) is 0 Å². The molecule has 0 spiro atoms. The van der Waals surface area contributed by atoms with Gasteiger partial charge in [0.05, 0.1) is 11.6 Å². The number of thioether (sulfide) groups is 1. The van der Waals surface area contributed by atoms with Gasteiger partial charge >= 0.3 is 0 Å². The van der Waals surface area contributed by atoms with Crippen LogP contribution < -0.4 is 10.1 Å². The number of methoxy groups -OCH3 is 1. The average Bonchev–Trinajstić information content (AvgIpc) is 2.46. The lowest BCUT2D eigenvalue weighted by molar-refractivity contribution is 0.412. The summed E-state index contributed by atoms with van der Waals surface area (Å²) in [7, 11) is 3.65. The molecule has 0 radical (unpaired) electrons. The molecule has 0 amide bonds. The van der Waals surface area contributed by atoms with Gasteiger partial charge in [0.25, 0.3) is 0 Å². The summed E-state index contributed by atoms with van der Waals surface area (Å²) in [6, 6.07) is 14.9. The minimum atomic E-state index is 0.870. The number of hydrogen-bond donors (Lipinski definition) is 1. The zero-order chi connectivity index (χ0) is 14.4. The lowest BCUT2D eigenvalue weighted by atomic mass is 10.2. The Morgan fingerprint density at radius 3 is 2.70 bits per heavy atom. The summed E-state index contributed by atoms with van der Waals surface area (Å²) in [5.41, 5.74) is 2.59. The highest BCUT2D eigenvalue weighted by atomic mass is 79.9. The topological polar surface area (TPSA) is 21.3 Å². The van der Waals surface area contributed by atoms with Gasteiger partial charge in [-0.2, -0.15) is 0 Å². The molecule has 2 aromatic rings. The summed E-state index contributed by atoms with van der Waals surface area (Å²) in [5, 5.41) is 3.18. The van der Waals surface area contributed by atoms with E-state index in [-0.39, 0.29) is 0 Å². The molecule has 1 N–H and O–H groups in total. The summed E-state index contributed by atoms with van der Waals surface area (Å²) < 4.78 is 6.25. The highest BCUT2D eigenvalue weighted by molar-refractivity contribution is 9.10. The largest absolute Gasteiger partial charge is 0.496 e. The second kappa shape index (κ2) is 7.72. The first-order chi connectivity index (χ1) is 9.72. The predicted octanol–water partition coefficient (Wildman–Crippen LogP) is 4.47. The molecule has 0 aliphatic carbocycles. The number of benzene rings is 2. The summed E-state index contributed by atoms with van der Waals surface area (Å²) >= 11 is 5.37. The lowest BCUT2D eigenvalue weighted by Crippen LogP contribution is -2.04. The molecular formula is C16H18BrNOS. The third-order valence-electron chi connectivity index (χ3n) is 2.90. The maximum Gasteiger partial charge on any atom is 0.133 e. The first-order valence-electron chi connectivity index (χ1n) is 6.41. The summed E-state index contributed by atoms with van der Waals surface area (Å²) in [4.78, 5) is 1.30. The van der Waals surface area contributed by atoms with Crippen LogP contribution in [0.4, 0.5) is 0 Å². The second-order valence-corrected chi connectivity index (χ2v) is 6.34. The van der Waals surface area contributed by atoms with Crippen molar-refractivity contribution in [1.29, 1.82) is 0 Å². The van der Waals surface area contributed by atoms with Crippen LogP contribution in [0.3, 0.4) is 0 Å². The molecule has 20 heavy (non-hydrogen) atoms. The van der Waals surface area contributed by atoms with Gasteiger partial charge in [0, 0.05) is 17.2 Å². The van der Waals surface area contributed by atoms with E-state index in [1.807, 2.05) is 24.9 Å². The highest BCUT2D eigenvalue weighted by Crippen LogP contribution is 2.29. The Bertz CT molecular complexity index is 574. The molecule has 0 aliphatic rings. The van der Waals surface area contributed by atoms with Crippen LogP contribution in [0, 0.1) is 0 Å². The van der Waals surface area contributed by atoms with Crippen molar-refractivity contribution in [3.8, 4) is 5.75 Å². The van der Waals surface area contributed by atoms with E-state index in [1.165, 1.54) is 16.0 Å². The average molecular weight is 352 g/mol. The summed E-state index contributed by atoms with van der Waals surface area (Å²) in [6.07, 6.45) is 0. The monoisotopic (exact) mass is 351 g/mol. The molecule has 0 atom stereocenters. The van der Waals surface area contributed by atoms with Crippen LogP contribution in [0.25, 0.3) is 0 Å². The summed E-state index contributed by atoms with van der Waals surface area (Å²) in [5.74, 6) is 1.82. The minimum Gasteiger partial charge on any atom is -0.496 e. The van der Waals surface area contributed by atoms with Gasteiger partial charge < -0.3 is 10.1 Å². The first-order valence-corrected chi connectivity index (χ1v) is 8.19. The molecule has 0 aliphatic heterocycles. The number of hydrogen-bond acceptors (Lipinski definition) is 3. The van der Waals surface area contributed by atoms with Crippen LogP contribution in [-0.2, 0) is 12.3 Å². The van der Waals surface area contributed by atoms with Crippen LogP contribution in [0.2, 0.25) is 0 Å². The standard InChI is InChI=1S/C16H18BrNOS/c1-18-10-12-4-3-5-14(8-12)20-11-13-6-7-16(19-2)15(17)9-13/h3-9,18H,10-11H2,1-2H3. The fraction of sp³-hybridized carbons (Fsp3) is 0.250. The van der Waals surface area contributed by atoms with Crippen LogP contribution in [0.5, 0.6) is 5.75 Å². The first kappa shape index (κ1) is 15.4.